The molecule has 19 heavy (non-hydrogen) atoms. The van der Waals surface area contributed by atoms with Gasteiger partial charge in [0.1, 0.15) is 0 Å². The molecule has 0 aromatic carbocycles. The molecule has 0 atom stereocenters. The zero-order valence-corrected chi connectivity index (χ0v) is 12.3. The highest BCUT2D eigenvalue weighted by molar-refractivity contribution is 7.80. The van der Waals surface area contributed by atoms with Crippen molar-refractivity contribution in [3.63, 3.8) is 0 Å². The Kier molecular flexibility index (Phi) is 5.47. The lowest BCUT2D eigenvalue weighted by Gasteiger charge is -2.22. The first kappa shape index (κ1) is 14.1. The molecule has 0 bridgehead atoms. The third-order valence-corrected chi connectivity index (χ3v) is 3.77. The average Bonchev–Trinajstić information content (AvgIpc) is 3.08. The van der Waals surface area contributed by atoms with Gasteiger partial charge in [-0.1, -0.05) is 0 Å². The van der Waals surface area contributed by atoms with Crippen LogP contribution in [0.5, 0.6) is 0 Å². The number of hydrogen-bond acceptors (Lipinski definition) is 4. The molecule has 0 spiro atoms. The Hall–Kier alpha value is -1.27. The molecule has 0 fully saturated rings. The van der Waals surface area contributed by atoms with Gasteiger partial charge >= 0.3 is 0 Å². The van der Waals surface area contributed by atoms with Crippen LogP contribution in [0.15, 0.2) is 35.5 Å². The number of carbonyl (C=O) groups is 1. The maximum absolute atomic E-state index is 12.1. The Morgan fingerprint density at radius 3 is 3.05 bits per heavy atom. The highest BCUT2D eigenvalue weighted by Gasteiger charge is 2.13. The molecule has 2 aromatic rings. The van der Waals surface area contributed by atoms with Gasteiger partial charge in [-0.2, -0.15) is 24.0 Å². The second-order valence-electron chi connectivity index (χ2n) is 4.22. The Balaban J connectivity index is 1.95. The minimum Gasteiger partial charge on any atom is -0.337 e. The van der Waals surface area contributed by atoms with Crippen molar-refractivity contribution in [1.82, 2.24) is 14.5 Å². The van der Waals surface area contributed by atoms with Gasteiger partial charge in [-0.25, -0.2) is 4.98 Å². The van der Waals surface area contributed by atoms with Crippen molar-refractivity contribution in [3.8, 4) is 0 Å². The highest BCUT2D eigenvalue weighted by Crippen LogP contribution is 2.11. The SMILES string of the molecule is O=C(CCS)N(CCn1ccnc1)Cc1ccsc1. The zero-order valence-electron chi connectivity index (χ0n) is 10.6. The van der Waals surface area contributed by atoms with Crippen LogP contribution < -0.4 is 0 Å². The van der Waals surface area contributed by atoms with E-state index in [2.05, 4.69) is 29.1 Å². The van der Waals surface area contributed by atoms with E-state index in [0.717, 1.165) is 6.54 Å². The van der Waals surface area contributed by atoms with E-state index in [0.29, 0.717) is 25.3 Å². The van der Waals surface area contributed by atoms with E-state index in [9.17, 15) is 4.79 Å². The minimum atomic E-state index is 0.154. The fourth-order valence-corrected chi connectivity index (χ4v) is 2.65. The van der Waals surface area contributed by atoms with Crippen LogP contribution in [0.25, 0.3) is 0 Å². The van der Waals surface area contributed by atoms with Crippen molar-refractivity contribution in [2.75, 3.05) is 12.3 Å². The van der Waals surface area contributed by atoms with Crippen molar-refractivity contribution < 1.29 is 4.79 Å². The van der Waals surface area contributed by atoms with Crippen LogP contribution >= 0.6 is 24.0 Å². The lowest BCUT2D eigenvalue weighted by Crippen LogP contribution is -2.33. The van der Waals surface area contributed by atoms with E-state index >= 15 is 0 Å². The van der Waals surface area contributed by atoms with E-state index < -0.39 is 0 Å². The summed E-state index contributed by atoms with van der Waals surface area (Å²) >= 11 is 5.79. The Morgan fingerprint density at radius 1 is 1.53 bits per heavy atom. The maximum atomic E-state index is 12.1. The van der Waals surface area contributed by atoms with Gasteiger partial charge in [0.05, 0.1) is 6.33 Å². The number of imidazole rings is 1. The third kappa shape index (κ3) is 4.40. The van der Waals surface area contributed by atoms with Gasteiger partial charge in [-0.15, -0.1) is 0 Å². The topological polar surface area (TPSA) is 38.1 Å². The maximum Gasteiger partial charge on any atom is 0.223 e. The molecule has 0 N–H and O–H groups in total. The number of thiophene rings is 1. The van der Waals surface area contributed by atoms with Crippen molar-refractivity contribution >= 4 is 29.9 Å². The Bertz CT molecular complexity index is 482. The summed E-state index contributed by atoms with van der Waals surface area (Å²) in [7, 11) is 0. The third-order valence-electron chi connectivity index (χ3n) is 2.82. The van der Waals surface area contributed by atoms with Gasteiger partial charge < -0.3 is 9.47 Å². The summed E-state index contributed by atoms with van der Waals surface area (Å²) in [4.78, 5) is 18.0. The van der Waals surface area contributed by atoms with Crippen LogP contribution in [0.2, 0.25) is 0 Å². The second kappa shape index (κ2) is 7.35. The predicted molar refractivity (Wildman–Crippen MR) is 80.4 cm³/mol. The molecule has 2 heterocycles. The number of aromatic nitrogens is 2. The smallest absolute Gasteiger partial charge is 0.223 e. The first-order valence-corrected chi connectivity index (χ1v) is 7.72. The largest absolute Gasteiger partial charge is 0.337 e. The van der Waals surface area contributed by atoms with Crippen LogP contribution in [-0.4, -0.2) is 32.7 Å². The molecule has 0 unspecified atom stereocenters. The molecule has 0 aliphatic heterocycles. The van der Waals surface area contributed by atoms with E-state index in [-0.39, 0.29) is 5.91 Å². The predicted octanol–water partition coefficient (Wildman–Crippen LogP) is 2.29. The molecule has 1 amide bonds. The van der Waals surface area contributed by atoms with Gasteiger partial charge in [0.25, 0.3) is 0 Å². The normalized spacial score (nSPS) is 10.6. The minimum absolute atomic E-state index is 0.154. The fraction of sp³-hybridized carbons (Fsp3) is 0.385. The number of carbonyl (C=O) groups excluding carboxylic acids is 1. The molecular formula is C13H17N3OS2. The van der Waals surface area contributed by atoms with Crippen LogP contribution in [0, 0.1) is 0 Å². The highest BCUT2D eigenvalue weighted by atomic mass is 32.1. The summed E-state index contributed by atoms with van der Waals surface area (Å²) in [5, 5.41) is 4.12. The summed E-state index contributed by atoms with van der Waals surface area (Å²) in [6, 6.07) is 2.06. The summed E-state index contributed by atoms with van der Waals surface area (Å²) < 4.78 is 1.98. The number of nitrogens with zero attached hydrogens (tertiary/aromatic N) is 3. The Labute approximate surface area is 122 Å². The molecule has 0 aliphatic carbocycles. The van der Waals surface area contributed by atoms with Crippen molar-refractivity contribution in [2.24, 2.45) is 0 Å². The molecule has 4 nitrogen and oxygen atoms in total. The molecule has 0 saturated heterocycles. The van der Waals surface area contributed by atoms with Gasteiger partial charge in [0.15, 0.2) is 0 Å². The molecule has 2 aromatic heterocycles. The molecular weight excluding hydrogens is 278 g/mol. The van der Waals surface area contributed by atoms with Crippen molar-refractivity contribution in [1.29, 1.82) is 0 Å². The second-order valence-corrected chi connectivity index (χ2v) is 5.45. The van der Waals surface area contributed by atoms with Crippen LogP contribution in [0.4, 0.5) is 0 Å². The quantitative estimate of drug-likeness (QED) is 0.796. The van der Waals surface area contributed by atoms with E-state index in [1.807, 2.05) is 21.0 Å². The van der Waals surface area contributed by atoms with Gasteiger partial charge in [-0.05, 0) is 28.1 Å². The number of thiol groups is 1. The first-order chi connectivity index (χ1) is 9.29. The standard InChI is InChI=1S/C13H17N3OS2/c17-13(1-7-18)16(9-12-2-8-19-10-12)6-5-15-4-3-14-11-15/h2-4,8,10-11,18H,1,5-7,9H2. The van der Waals surface area contributed by atoms with Crippen molar-refractivity contribution in [3.05, 3.63) is 41.1 Å². The number of amides is 1. The fourth-order valence-electron chi connectivity index (χ4n) is 1.80. The molecule has 102 valence electrons. The summed E-state index contributed by atoms with van der Waals surface area (Å²) in [6.45, 7) is 2.13. The van der Waals surface area contributed by atoms with Crippen LogP contribution in [-0.2, 0) is 17.9 Å². The summed E-state index contributed by atoms with van der Waals surface area (Å²) in [6.07, 6.45) is 5.91. The van der Waals surface area contributed by atoms with Crippen LogP contribution in [0.1, 0.15) is 12.0 Å². The van der Waals surface area contributed by atoms with Gasteiger partial charge in [0.2, 0.25) is 5.91 Å². The van der Waals surface area contributed by atoms with E-state index in [1.165, 1.54) is 5.56 Å². The first-order valence-electron chi connectivity index (χ1n) is 6.15. The van der Waals surface area contributed by atoms with Crippen LogP contribution in [0.3, 0.4) is 0 Å². The molecule has 0 aliphatic rings. The zero-order chi connectivity index (χ0) is 13.5. The van der Waals surface area contributed by atoms with Gasteiger partial charge in [-0.3, -0.25) is 4.79 Å². The number of rotatable bonds is 7. The van der Waals surface area contributed by atoms with E-state index in [1.54, 1.807) is 23.9 Å². The monoisotopic (exact) mass is 295 g/mol. The lowest BCUT2D eigenvalue weighted by molar-refractivity contribution is -0.131. The Morgan fingerprint density at radius 2 is 2.42 bits per heavy atom. The number of hydrogen-bond donors (Lipinski definition) is 1. The molecule has 6 heteroatoms. The summed E-state index contributed by atoms with van der Waals surface area (Å²) in [5.41, 5.74) is 1.18. The average molecular weight is 295 g/mol. The lowest BCUT2D eigenvalue weighted by atomic mass is 10.3. The molecule has 0 saturated carbocycles. The molecule has 2 rings (SSSR count). The van der Waals surface area contributed by atoms with E-state index in [4.69, 9.17) is 0 Å². The van der Waals surface area contributed by atoms with Gasteiger partial charge in [0, 0.05) is 38.4 Å². The summed E-state index contributed by atoms with van der Waals surface area (Å²) in [5.74, 6) is 0.741. The van der Waals surface area contributed by atoms with Crippen molar-refractivity contribution in [2.45, 2.75) is 19.5 Å². The molecule has 0 radical (unpaired) electrons.